The lowest BCUT2D eigenvalue weighted by Gasteiger charge is -2.25. The standard InChI is InChI=1S/C28H23NO4S/c1-15-13-22-23(14-16(15)2)33-27-24(26(22)31)25(19-7-11-21(34-4)12-8-19)29(28(27)32)20-9-5-18(6-10-20)17(3)30/h5-14,25H,1-4H3. The van der Waals surface area contributed by atoms with Crippen LogP contribution in [0.2, 0.25) is 0 Å². The highest BCUT2D eigenvalue weighted by Crippen LogP contribution is 2.41. The summed E-state index contributed by atoms with van der Waals surface area (Å²) in [5.74, 6) is -0.363. The summed E-state index contributed by atoms with van der Waals surface area (Å²) >= 11 is 1.62. The van der Waals surface area contributed by atoms with Gasteiger partial charge in [0.1, 0.15) is 5.58 Å². The SMILES string of the molecule is CSc1ccc(C2c3c(oc4cc(C)c(C)cc4c3=O)C(=O)N2c2ccc(C(C)=O)cc2)cc1. The van der Waals surface area contributed by atoms with Crippen LogP contribution in [0, 0.1) is 13.8 Å². The van der Waals surface area contributed by atoms with Crippen LogP contribution >= 0.6 is 11.8 Å². The summed E-state index contributed by atoms with van der Waals surface area (Å²) in [4.78, 5) is 41.9. The molecule has 0 N–H and O–H groups in total. The van der Waals surface area contributed by atoms with Crippen molar-refractivity contribution in [3.8, 4) is 0 Å². The Morgan fingerprint density at radius 1 is 0.941 bits per heavy atom. The second-order valence-electron chi connectivity index (χ2n) is 8.56. The third kappa shape index (κ3) is 3.46. The fourth-order valence-corrected chi connectivity index (χ4v) is 4.86. The fraction of sp³-hybridized carbons (Fsp3) is 0.179. The fourth-order valence-electron chi connectivity index (χ4n) is 4.45. The number of Topliss-reactive ketones (excluding diaryl/α,β-unsaturated/α-hetero) is 1. The molecule has 4 aromatic rings. The first kappa shape index (κ1) is 22.2. The van der Waals surface area contributed by atoms with E-state index in [4.69, 9.17) is 4.42 Å². The molecule has 6 heteroatoms. The zero-order valence-corrected chi connectivity index (χ0v) is 20.2. The van der Waals surface area contributed by atoms with E-state index in [0.29, 0.717) is 27.8 Å². The van der Waals surface area contributed by atoms with Crippen LogP contribution in [0.4, 0.5) is 5.69 Å². The van der Waals surface area contributed by atoms with Crippen molar-refractivity contribution in [3.63, 3.8) is 0 Å². The van der Waals surface area contributed by atoms with E-state index in [0.717, 1.165) is 21.6 Å². The third-order valence-electron chi connectivity index (χ3n) is 6.47. The summed E-state index contributed by atoms with van der Waals surface area (Å²) in [7, 11) is 0. The number of fused-ring (bicyclic) bond motifs is 2. The lowest BCUT2D eigenvalue weighted by molar-refractivity contribution is 0.0970. The van der Waals surface area contributed by atoms with Crippen LogP contribution in [0.1, 0.15) is 56.1 Å². The molecule has 0 bridgehead atoms. The third-order valence-corrected chi connectivity index (χ3v) is 7.21. The summed E-state index contributed by atoms with van der Waals surface area (Å²) in [6.45, 7) is 5.40. The van der Waals surface area contributed by atoms with Gasteiger partial charge in [-0.05, 0) is 92.2 Å². The van der Waals surface area contributed by atoms with Crippen molar-refractivity contribution < 1.29 is 14.0 Å². The monoisotopic (exact) mass is 469 g/mol. The Hall–Kier alpha value is -3.64. The van der Waals surface area contributed by atoms with Crippen molar-refractivity contribution >= 4 is 40.1 Å². The van der Waals surface area contributed by atoms with E-state index in [1.807, 2.05) is 56.5 Å². The molecule has 1 aliphatic heterocycles. The molecule has 1 aliphatic rings. The second kappa shape index (κ2) is 8.29. The Labute approximate surface area is 201 Å². The maximum Gasteiger partial charge on any atom is 0.295 e. The van der Waals surface area contributed by atoms with Gasteiger partial charge >= 0.3 is 0 Å². The van der Waals surface area contributed by atoms with Crippen molar-refractivity contribution in [2.24, 2.45) is 0 Å². The molecule has 0 fully saturated rings. The average Bonchev–Trinajstić information content (AvgIpc) is 3.13. The molecule has 0 radical (unpaired) electrons. The van der Waals surface area contributed by atoms with Crippen LogP contribution < -0.4 is 10.3 Å². The molecule has 0 aliphatic carbocycles. The summed E-state index contributed by atoms with van der Waals surface area (Å²) in [6.07, 6.45) is 2.00. The molecule has 1 amide bonds. The molecule has 170 valence electrons. The number of anilines is 1. The highest BCUT2D eigenvalue weighted by Gasteiger charge is 2.43. The van der Waals surface area contributed by atoms with Crippen LogP contribution in [0.3, 0.4) is 0 Å². The van der Waals surface area contributed by atoms with Crippen molar-refractivity contribution in [1.82, 2.24) is 0 Å². The van der Waals surface area contributed by atoms with Gasteiger partial charge in [0.25, 0.3) is 5.91 Å². The van der Waals surface area contributed by atoms with Gasteiger partial charge in [-0.1, -0.05) is 12.1 Å². The van der Waals surface area contributed by atoms with E-state index in [9.17, 15) is 14.4 Å². The maximum absolute atomic E-state index is 13.8. The van der Waals surface area contributed by atoms with Crippen molar-refractivity contribution in [1.29, 1.82) is 0 Å². The summed E-state index contributed by atoms with van der Waals surface area (Å²) in [5.41, 5.74) is 4.49. The van der Waals surface area contributed by atoms with E-state index >= 15 is 0 Å². The zero-order valence-electron chi connectivity index (χ0n) is 19.3. The smallest absolute Gasteiger partial charge is 0.295 e. The molecule has 1 atom stereocenters. The average molecular weight is 470 g/mol. The predicted molar refractivity (Wildman–Crippen MR) is 135 cm³/mol. The first-order valence-corrected chi connectivity index (χ1v) is 12.2. The number of carbonyl (C=O) groups is 2. The molecule has 0 saturated heterocycles. The van der Waals surface area contributed by atoms with E-state index in [-0.39, 0.29) is 22.9 Å². The number of amides is 1. The highest BCUT2D eigenvalue weighted by molar-refractivity contribution is 7.98. The minimum atomic E-state index is -0.635. The van der Waals surface area contributed by atoms with Crippen LogP contribution in [0.25, 0.3) is 11.0 Å². The summed E-state index contributed by atoms with van der Waals surface area (Å²) in [5, 5.41) is 0.467. The largest absolute Gasteiger partial charge is 0.450 e. The van der Waals surface area contributed by atoms with E-state index in [1.165, 1.54) is 6.92 Å². The van der Waals surface area contributed by atoms with Gasteiger partial charge < -0.3 is 4.42 Å². The van der Waals surface area contributed by atoms with Gasteiger partial charge in [-0.15, -0.1) is 11.8 Å². The van der Waals surface area contributed by atoms with E-state index in [1.54, 1.807) is 40.9 Å². The van der Waals surface area contributed by atoms with Gasteiger partial charge in [-0.2, -0.15) is 0 Å². The topological polar surface area (TPSA) is 67.6 Å². The minimum Gasteiger partial charge on any atom is -0.450 e. The quantitative estimate of drug-likeness (QED) is 0.267. The van der Waals surface area contributed by atoms with Crippen molar-refractivity contribution in [2.75, 3.05) is 11.2 Å². The van der Waals surface area contributed by atoms with Crippen molar-refractivity contribution in [2.45, 2.75) is 31.7 Å². The number of hydrogen-bond donors (Lipinski definition) is 0. The lowest BCUT2D eigenvalue weighted by Crippen LogP contribution is -2.29. The van der Waals surface area contributed by atoms with Gasteiger partial charge in [0.2, 0.25) is 5.76 Å². The lowest BCUT2D eigenvalue weighted by atomic mass is 9.97. The molecule has 2 heterocycles. The van der Waals surface area contributed by atoms with Gasteiger partial charge in [0.05, 0.1) is 17.0 Å². The molecule has 1 aromatic heterocycles. The Morgan fingerprint density at radius 3 is 2.21 bits per heavy atom. The number of benzene rings is 3. The summed E-state index contributed by atoms with van der Waals surface area (Å²) in [6, 6.07) is 17.7. The first-order chi connectivity index (χ1) is 16.3. The normalized spacial score (nSPS) is 15.1. The van der Waals surface area contributed by atoms with Gasteiger partial charge in [0.15, 0.2) is 11.2 Å². The van der Waals surface area contributed by atoms with E-state index < -0.39 is 6.04 Å². The number of nitrogens with zero attached hydrogens (tertiary/aromatic N) is 1. The van der Waals surface area contributed by atoms with Crippen LogP contribution in [-0.2, 0) is 0 Å². The number of aryl methyl sites for hydroxylation is 2. The molecule has 0 spiro atoms. The molecule has 5 nitrogen and oxygen atoms in total. The first-order valence-electron chi connectivity index (χ1n) is 11.0. The van der Waals surface area contributed by atoms with Crippen molar-refractivity contribution in [3.05, 3.63) is 104 Å². The molecular weight excluding hydrogens is 446 g/mol. The molecule has 34 heavy (non-hydrogen) atoms. The van der Waals surface area contributed by atoms with Gasteiger partial charge in [-0.25, -0.2) is 0 Å². The van der Waals surface area contributed by atoms with Gasteiger partial charge in [-0.3, -0.25) is 19.3 Å². The molecule has 3 aromatic carbocycles. The van der Waals surface area contributed by atoms with E-state index in [2.05, 4.69) is 0 Å². The second-order valence-corrected chi connectivity index (χ2v) is 9.44. The molecule has 5 rings (SSSR count). The van der Waals surface area contributed by atoms with Gasteiger partial charge in [0, 0.05) is 16.1 Å². The Kier molecular flexibility index (Phi) is 5.41. The zero-order chi connectivity index (χ0) is 24.1. The number of hydrogen-bond acceptors (Lipinski definition) is 5. The van der Waals surface area contributed by atoms with Crippen LogP contribution in [0.15, 0.2) is 74.8 Å². The number of carbonyl (C=O) groups excluding carboxylic acids is 2. The Morgan fingerprint density at radius 2 is 1.59 bits per heavy atom. The highest BCUT2D eigenvalue weighted by atomic mass is 32.2. The minimum absolute atomic E-state index is 0.0550. The Balaban J connectivity index is 1.77. The molecule has 1 unspecified atom stereocenters. The predicted octanol–water partition coefficient (Wildman–Crippen LogP) is 6.08. The number of thioether (sulfide) groups is 1. The maximum atomic E-state index is 13.8. The number of ketones is 1. The van der Waals surface area contributed by atoms with Crippen LogP contribution in [-0.4, -0.2) is 17.9 Å². The summed E-state index contributed by atoms with van der Waals surface area (Å²) < 4.78 is 6.09. The molecular formula is C28H23NO4S. The Bertz CT molecular complexity index is 1520. The molecule has 0 saturated carbocycles. The number of rotatable bonds is 4. The van der Waals surface area contributed by atoms with Crippen LogP contribution in [0.5, 0.6) is 0 Å².